The van der Waals surface area contributed by atoms with Crippen molar-refractivity contribution in [3.05, 3.63) is 35.5 Å². The summed E-state index contributed by atoms with van der Waals surface area (Å²) in [4.78, 5) is 11.2. The van der Waals surface area contributed by atoms with E-state index in [1.807, 2.05) is 18.2 Å². The van der Waals surface area contributed by atoms with Crippen LogP contribution in [0.3, 0.4) is 0 Å². The maximum absolute atomic E-state index is 11.2. The summed E-state index contributed by atoms with van der Waals surface area (Å²) < 4.78 is 13.1. The molecule has 2 heterocycles. The van der Waals surface area contributed by atoms with E-state index in [1.165, 1.54) is 0 Å². The van der Waals surface area contributed by atoms with Crippen molar-refractivity contribution in [1.29, 1.82) is 0 Å². The smallest absolute Gasteiger partial charge is 0.352 e. The molecule has 1 fully saturated rings. The van der Waals surface area contributed by atoms with Crippen molar-refractivity contribution in [2.24, 2.45) is 7.05 Å². The summed E-state index contributed by atoms with van der Waals surface area (Å²) in [6, 6.07) is 7.52. The van der Waals surface area contributed by atoms with Crippen molar-refractivity contribution in [1.82, 2.24) is 4.57 Å². The van der Waals surface area contributed by atoms with E-state index in [1.54, 1.807) is 17.7 Å². The zero-order valence-electron chi connectivity index (χ0n) is 12.0. The number of ether oxygens (including phenoxy) is 2. The minimum absolute atomic E-state index is 0.142. The Morgan fingerprint density at radius 1 is 1.48 bits per heavy atom. The molecule has 3 rings (SSSR count). The third-order valence-corrected chi connectivity index (χ3v) is 3.96. The van der Waals surface area contributed by atoms with Crippen molar-refractivity contribution in [2.45, 2.75) is 32.2 Å². The number of nitrogens with zero attached hydrogens (tertiary/aromatic N) is 1. The molecule has 1 aromatic carbocycles. The predicted molar refractivity (Wildman–Crippen MR) is 78.3 cm³/mol. The van der Waals surface area contributed by atoms with Crippen LogP contribution in [0.25, 0.3) is 10.9 Å². The Morgan fingerprint density at radius 2 is 2.33 bits per heavy atom. The van der Waals surface area contributed by atoms with Crippen LogP contribution in [0.15, 0.2) is 24.3 Å². The van der Waals surface area contributed by atoms with E-state index in [4.69, 9.17) is 9.47 Å². The van der Waals surface area contributed by atoms with Gasteiger partial charge >= 0.3 is 5.97 Å². The molecule has 0 amide bonds. The first-order valence-electron chi connectivity index (χ1n) is 7.20. The molecule has 0 radical (unpaired) electrons. The molecule has 0 spiro atoms. The van der Waals surface area contributed by atoms with Crippen LogP contribution in [0.1, 0.15) is 35.3 Å². The molecule has 1 aromatic heterocycles. The largest absolute Gasteiger partial charge is 0.477 e. The number of carbonyl (C=O) groups is 1. The van der Waals surface area contributed by atoms with Crippen molar-refractivity contribution in [2.75, 3.05) is 6.61 Å². The van der Waals surface area contributed by atoms with Crippen LogP contribution in [0, 0.1) is 0 Å². The maximum Gasteiger partial charge on any atom is 0.352 e. The fraction of sp³-hybridized carbons (Fsp3) is 0.438. The molecular weight excluding hydrogens is 270 g/mol. The van der Waals surface area contributed by atoms with E-state index in [2.05, 4.69) is 0 Å². The van der Waals surface area contributed by atoms with E-state index in [9.17, 15) is 9.90 Å². The van der Waals surface area contributed by atoms with Gasteiger partial charge in [-0.1, -0.05) is 12.1 Å². The van der Waals surface area contributed by atoms with Crippen molar-refractivity contribution in [3.8, 4) is 0 Å². The molecule has 21 heavy (non-hydrogen) atoms. The number of benzene rings is 1. The number of aromatic nitrogens is 1. The van der Waals surface area contributed by atoms with E-state index >= 15 is 0 Å². The summed E-state index contributed by atoms with van der Waals surface area (Å²) in [6.07, 6.45) is 3.00. The average Bonchev–Trinajstić information content (AvgIpc) is 2.84. The van der Waals surface area contributed by atoms with Gasteiger partial charge in [0.05, 0.1) is 6.61 Å². The second kappa shape index (κ2) is 5.87. The van der Waals surface area contributed by atoms with Gasteiger partial charge in [-0.05, 0) is 37.0 Å². The lowest BCUT2D eigenvalue weighted by atomic mass is 10.1. The Balaban J connectivity index is 1.84. The minimum Gasteiger partial charge on any atom is -0.477 e. The summed E-state index contributed by atoms with van der Waals surface area (Å²) in [5.74, 6) is -0.920. The molecule has 2 aromatic rings. The summed E-state index contributed by atoms with van der Waals surface area (Å²) >= 11 is 0. The van der Waals surface area contributed by atoms with Crippen LogP contribution < -0.4 is 0 Å². The summed E-state index contributed by atoms with van der Waals surface area (Å²) in [6.45, 7) is 1.19. The first-order valence-corrected chi connectivity index (χ1v) is 7.20. The molecule has 1 N–H and O–H groups in total. The van der Waals surface area contributed by atoms with Gasteiger partial charge in [0, 0.05) is 24.6 Å². The highest BCUT2D eigenvalue weighted by Gasteiger charge is 2.17. The highest BCUT2D eigenvalue weighted by molar-refractivity contribution is 5.95. The van der Waals surface area contributed by atoms with Gasteiger partial charge in [0.15, 0.2) is 6.29 Å². The number of carboxylic acid groups (broad SMARTS) is 1. The number of aromatic carboxylic acids is 1. The van der Waals surface area contributed by atoms with E-state index < -0.39 is 5.97 Å². The van der Waals surface area contributed by atoms with Crippen molar-refractivity contribution < 1.29 is 19.4 Å². The van der Waals surface area contributed by atoms with Gasteiger partial charge in [-0.25, -0.2) is 4.79 Å². The van der Waals surface area contributed by atoms with Gasteiger partial charge in [0.2, 0.25) is 0 Å². The molecule has 1 aliphatic heterocycles. The van der Waals surface area contributed by atoms with Crippen LogP contribution >= 0.6 is 0 Å². The molecule has 0 saturated carbocycles. The van der Waals surface area contributed by atoms with Crippen molar-refractivity contribution in [3.63, 3.8) is 0 Å². The van der Waals surface area contributed by atoms with E-state index in [0.29, 0.717) is 6.61 Å². The zero-order chi connectivity index (χ0) is 14.8. The van der Waals surface area contributed by atoms with Crippen LogP contribution in [0.4, 0.5) is 0 Å². The van der Waals surface area contributed by atoms with E-state index in [0.717, 1.165) is 42.3 Å². The molecular formula is C16H19NO4. The fourth-order valence-corrected chi connectivity index (χ4v) is 2.78. The molecule has 1 saturated heterocycles. The Hall–Kier alpha value is -1.85. The molecule has 5 nitrogen and oxygen atoms in total. The summed E-state index contributed by atoms with van der Waals surface area (Å²) in [5, 5.41) is 10.1. The summed E-state index contributed by atoms with van der Waals surface area (Å²) in [7, 11) is 1.76. The van der Waals surface area contributed by atoms with Gasteiger partial charge in [0.25, 0.3) is 0 Å². The zero-order valence-corrected chi connectivity index (χ0v) is 12.0. The quantitative estimate of drug-likeness (QED) is 0.940. The lowest BCUT2D eigenvalue weighted by Crippen LogP contribution is -2.22. The van der Waals surface area contributed by atoms with Crippen LogP contribution in [0.2, 0.25) is 0 Å². The molecule has 1 aliphatic rings. The number of carboxylic acids is 1. The third-order valence-electron chi connectivity index (χ3n) is 3.96. The maximum atomic E-state index is 11.2. The van der Waals surface area contributed by atoms with Crippen molar-refractivity contribution >= 4 is 16.9 Å². The molecule has 0 aliphatic carbocycles. The third kappa shape index (κ3) is 2.80. The Kier molecular flexibility index (Phi) is 3.94. The van der Waals surface area contributed by atoms with E-state index in [-0.39, 0.29) is 12.0 Å². The first kappa shape index (κ1) is 14.1. The topological polar surface area (TPSA) is 60.7 Å². The highest BCUT2D eigenvalue weighted by atomic mass is 16.7. The number of hydrogen-bond donors (Lipinski definition) is 1. The predicted octanol–water partition coefficient (Wildman–Crippen LogP) is 2.92. The monoisotopic (exact) mass is 289 g/mol. The first-order chi connectivity index (χ1) is 10.2. The molecule has 0 bridgehead atoms. The van der Waals surface area contributed by atoms with Crippen LogP contribution in [-0.4, -0.2) is 28.5 Å². The normalized spacial score (nSPS) is 19.0. The van der Waals surface area contributed by atoms with Gasteiger partial charge < -0.3 is 19.1 Å². The number of rotatable bonds is 4. The van der Waals surface area contributed by atoms with Crippen LogP contribution in [-0.2, 0) is 23.1 Å². The SMILES string of the molecule is Cn1c(C(=O)O)cc2c(COC3CCCCO3)cccc21. The number of aryl methyl sites for hydroxylation is 1. The van der Waals surface area contributed by atoms with Crippen LogP contribution in [0.5, 0.6) is 0 Å². The number of fused-ring (bicyclic) bond motifs is 1. The molecule has 1 unspecified atom stereocenters. The molecule has 112 valence electrons. The number of hydrogen-bond acceptors (Lipinski definition) is 3. The Morgan fingerprint density at radius 3 is 3.05 bits per heavy atom. The second-order valence-electron chi connectivity index (χ2n) is 5.35. The fourth-order valence-electron chi connectivity index (χ4n) is 2.78. The Labute approximate surface area is 123 Å². The molecule has 5 heteroatoms. The highest BCUT2D eigenvalue weighted by Crippen LogP contribution is 2.24. The molecule has 1 atom stereocenters. The minimum atomic E-state index is -0.920. The lowest BCUT2D eigenvalue weighted by molar-refractivity contribution is -0.168. The Bertz CT molecular complexity index is 656. The standard InChI is InChI=1S/C16H19NO4/c1-17-13-6-4-5-11(12(13)9-14(17)16(18)19)10-21-15-7-2-3-8-20-15/h4-6,9,15H,2-3,7-8,10H2,1H3,(H,18,19). The van der Waals surface area contributed by atoms with Gasteiger partial charge in [-0.3, -0.25) is 0 Å². The van der Waals surface area contributed by atoms with Gasteiger partial charge in [0.1, 0.15) is 5.69 Å². The second-order valence-corrected chi connectivity index (χ2v) is 5.35. The van der Waals surface area contributed by atoms with Gasteiger partial charge in [-0.2, -0.15) is 0 Å². The summed E-state index contributed by atoms with van der Waals surface area (Å²) in [5.41, 5.74) is 2.18. The average molecular weight is 289 g/mol. The van der Waals surface area contributed by atoms with Gasteiger partial charge in [-0.15, -0.1) is 0 Å². The lowest BCUT2D eigenvalue weighted by Gasteiger charge is -2.22.